The molecule has 172 valence electrons. The predicted octanol–water partition coefficient (Wildman–Crippen LogP) is 3.85. The normalized spacial score (nSPS) is 12.6. The van der Waals surface area contributed by atoms with E-state index < -0.39 is 65.1 Å². The topological polar surface area (TPSA) is 81.7 Å². The number of rotatable bonds is 6. The molecule has 0 aliphatic rings. The molecule has 0 bridgehead atoms. The molecule has 0 spiro atoms. The zero-order chi connectivity index (χ0) is 24.1. The van der Waals surface area contributed by atoms with Crippen molar-refractivity contribution in [3.05, 3.63) is 70.8 Å². The number of ether oxygens (including phenoxy) is 2. The van der Waals surface area contributed by atoms with Gasteiger partial charge in [-0.25, -0.2) is 9.59 Å². The minimum Gasteiger partial charge on any atom is -0.467 e. The zero-order valence-electron chi connectivity index (χ0n) is 16.2. The minimum atomic E-state index is -4.71. The number of carbonyl (C=O) groups excluding carboxylic acids is 3. The van der Waals surface area contributed by atoms with E-state index in [2.05, 4.69) is 10.1 Å². The fourth-order valence-corrected chi connectivity index (χ4v) is 2.45. The smallest absolute Gasteiger partial charge is 0.416 e. The molecule has 1 N–H and O–H groups in total. The lowest BCUT2D eigenvalue weighted by molar-refractivity contribution is -0.144. The number of amides is 1. The number of hydrogen-bond donors (Lipinski definition) is 1. The van der Waals surface area contributed by atoms with E-state index in [4.69, 9.17) is 4.74 Å². The van der Waals surface area contributed by atoms with Gasteiger partial charge in [-0.3, -0.25) is 4.79 Å². The van der Waals surface area contributed by atoms with Gasteiger partial charge in [0.25, 0.3) is 5.91 Å². The molecule has 0 saturated heterocycles. The van der Waals surface area contributed by atoms with Gasteiger partial charge in [-0.1, -0.05) is 12.1 Å². The summed E-state index contributed by atoms with van der Waals surface area (Å²) in [5.74, 6) is -3.41. The van der Waals surface area contributed by atoms with Gasteiger partial charge in [0.05, 0.1) is 23.8 Å². The van der Waals surface area contributed by atoms with Gasteiger partial charge >= 0.3 is 24.3 Å². The highest BCUT2D eigenvalue weighted by Crippen LogP contribution is 2.30. The molecule has 0 aliphatic carbocycles. The first-order chi connectivity index (χ1) is 14.8. The van der Waals surface area contributed by atoms with Crippen molar-refractivity contribution < 1.29 is 50.2 Å². The quantitative estimate of drug-likeness (QED) is 0.520. The van der Waals surface area contributed by atoms with Gasteiger partial charge in [0.2, 0.25) is 0 Å². The Balaban J connectivity index is 2.12. The Morgan fingerprint density at radius 1 is 0.875 bits per heavy atom. The minimum absolute atomic E-state index is 0.432. The van der Waals surface area contributed by atoms with E-state index in [0.29, 0.717) is 12.1 Å². The second-order valence-corrected chi connectivity index (χ2v) is 6.30. The molecule has 12 heteroatoms. The van der Waals surface area contributed by atoms with Crippen LogP contribution in [0.15, 0.2) is 48.5 Å². The maximum Gasteiger partial charge on any atom is 0.416 e. The number of benzene rings is 2. The second-order valence-electron chi connectivity index (χ2n) is 6.30. The van der Waals surface area contributed by atoms with E-state index in [-0.39, 0.29) is 0 Å². The molecule has 0 heterocycles. The van der Waals surface area contributed by atoms with Crippen LogP contribution in [-0.2, 0) is 26.6 Å². The van der Waals surface area contributed by atoms with E-state index >= 15 is 0 Å². The molecule has 32 heavy (non-hydrogen) atoms. The maximum atomic E-state index is 12.8. The number of methoxy groups -OCH3 is 1. The number of halogens is 6. The Bertz CT molecular complexity index is 1000. The van der Waals surface area contributed by atoms with Crippen LogP contribution in [0.3, 0.4) is 0 Å². The lowest BCUT2D eigenvalue weighted by Gasteiger charge is -2.17. The average molecular weight is 463 g/mol. The maximum absolute atomic E-state index is 12.8. The highest BCUT2D eigenvalue weighted by atomic mass is 19.4. The molecule has 0 fully saturated rings. The number of hydrogen-bond acceptors (Lipinski definition) is 5. The van der Waals surface area contributed by atoms with Crippen LogP contribution < -0.4 is 5.32 Å². The van der Waals surface area contributed by atoms with Gasteiger partial charge in [-0.15, -0.1) is 0 Å². The Hall–Kier alpha value is -3.57. The second kappa shape index (κ2) is 9.71. The number of esters is 2. The standard InChI is InChI=1S/C20H15F6NO5/c1-31-18(30)15(27-16(28)11-4-2-6-13(8-11)19(21,22)23)10-32-17(29)12-5-3-7-14(9-12)20(24,25)26/h2-9,15H,10H2,1H3,(H,27,28). The van der Waals surface area contributed by atoms with Gasteiger partial charge in [0, 0.05) is 5.56 Å². The molecule has 1 amide bonds. The molecule has 1 atom stereocenters. The van der Waals surface area contributed by atoms with E-state index in [0.717, 1.165) is 43.5 Å². The summed E-state index contributed by atoms with van der Waals surface area (Å²) in [5, 5.41) is 2.07. The Labute approximate surface area is 177 Å². The van der Waals surface area contributed by atoms with Crippen molar-refractivity contribution in [2.24, 2.45) is 0 Å². The third-order valence-corrected chi connectivity index (χ3v) is 4.05. The fraction of sp³-hybridized carbons (Fsp3) is 0.250. The van der Waals surface area contributed by atoms with E-state index in [9.17, 15) is 40.7 Å². The van der Waals surface area contributed by atoms with E-state index in [1.807, 2.05) is 0 Å². The van der Waals surface area contributed by atoms with Crippen LogP contribution in [0, 0.1) is 0 Å². The van der Waals surface area contributed by atoms with Crippen LogP contribution in [0.25, 0.3) is 0 Å². The number of alkyl halides is 6. The monoisotopic (exact) mass is 463 g/mol. The lowest BCUT2D eigenvalue weighted by Crippen LogP contribution is -2.45. The highest BCUT2D eigenvalue weighted by molar-refractivity contribution is 5.97. The number of carbonyl (C=O) groups is 3. The number of nitrogens with one attached hydrogen (secondary N) is 1. The summed E-state index contributed by atoms with van der Waals surface area (Å²) < 4.78 is 86.0. The molecular formula is C20H15F6NO5. The summed E-state index contributed by atoms with van der Waals surface area (Å²) in [6.07, 6.45) is -9.41. The van der Waals surface area contributed by atoms with Crippen molar-refractivity contribution in [1.82, 2.24) is 5.32 Å². The summed E-state index contributed by atoms with van der Waals surface area (Å²) in [5.41, 5.74) is -3.10. The van der Waals surface area contributed by atoms with E-state index in [1.165, 1.54) is 0 Å². The predicted molar refractivity (Wildman–Crippen MR) is 96.4 cm³/mol. The molecule has 2 aromatic rings. The van der Waals surface area contributed by atoms with Crippen molar-refractivity contribution >= 4 is 17.8 Å². The van der Waals surface area contributed by atoms with Crippen molar-refractivity contribution in [3.63, 3.8) is 0 Å². The summed E-state index contributed by atoms with van der Waals surface area (Å²) in [4.78, 5) is 36.2. The van der Waals surface area contributed by atoms with Gasteiger partial charge in [0.1, 0.15) is 6.61 Å². The third kappa shape index (κ3) is 6.46. The van der Waals surface area contributed by atoms with Gasteiger partial charge in [-0.05, 0) is 36.4 Å². The lowest BCUT2D eigenvalue weighted by atomic mass is 10.1. The van der Waals surface area contributed by atoms with Crippen LogP contribution in [0.2, 0.25) is 0 Å². The Morgan fingerprint density at radius 2 is 1.38 bits per heavy atom. The highest BCUT2D eigenvalue weighted by Gasteiger charge is 2.32. The summed E-state index contributed by atoms with van der Waals surface area (Å²) in [6.45, 7) is -0.841. The Kier molecular flexibility index (Phi) is 7.49. The molecule has 2 aromatic carbocycles. The van der Waals surface area contributed by atoms with E-state index in [1.54, 1.807) is 0 Å². The van der Waals surface area contributed by atoms with Gasteiger partial charge < -0.3 is 14.8 Å². The summed E-state index contributed by atoms with van der Waals surface area (Å²) >= 11 is 0. The largest absolute Gasteiger partial charge is 0.467 e. The van der Waals surface area contributed by atoms with Crippen LogP contribution >= 0.6 is 0 Å². The third-order valence-electron chi connectivity index (χ3n) is 4.05. The fourth-order valence-electron chi connectivity index (χ4n) is 2.45. The Morgan fingerprint density at radius 3 is 1.88 bits per heavy atom. The average Bonchev–Trinajstić information content (AvgIpc) is 2.74. The first-order valence-corrected chi connectivity index (χ1v) is 8.73. The molecule has 0 aromatic heterocycles. The van der Waals surface area contributed by atoms with Crippen molar-refractivity contribution in [2.45, 2.75) is 18.4 Å². The van der Waals surface area contributed by atoms with Crippen molar-refractivity contribution in [1.29, 1.82) is 0 Å². The molecule has 0 saturated carbocycles. The molecule has 1 unspecified atom stereocenters. The molecule has 2 rings (SSSR count). The molecular weight excluding hydrogens is 448 g/mol. The first kappa shape index (κ1) is 24.7. The van der Waals surface area contributed by atoms with Crippen LogP contribution in [-0.4, -0.2) is 37.6 Å². The molecule has 0 aliphatic heterocycles. The van der Waals surface area contributed by atoms with Crippen molar-refractivity contribution in [2.75, 3.05) is 13.7 Å². The summed E-state index contributed by atoms with van der Waals surface area (Å²) in [6, 6.07) is 5.02. The van der Waals surface area contributed by atoms with Crippen molar-refractivity contribution in [3.8, 4) is 0 Å². The van der Waals surface area contributed by atoms with Crippen LogP contribution in [0.1, 0.15) is 31.8 Å². The van der Waals surface area contributed by atoms with Gasteiger partial charge in [0.15, 0.2) is 6.04 Å². The SMILES string of the molecule is COC(=O)C(COC(=O)c1cccc(C(F)(F)F)c1)NC(=O)c1cccc(C(F)(F)F)c1. The molecule has 0 radical (unpaired) electrons. The van der Waals surface area contributed by atoms with Gasteiger partial charge in [-0.2, -0.15) is 26.3 Å². The first-order valence-electron chi connectivity index (χ1n) is 8.73. The van der Waals surface area contributed by atoms with Crippen LogP contribution in [0.5, 0.6) is 0 Å². The van der Waals surface area contributed by atoms with Crippen LogP contribution in [0.4, 0.5) is 26.3 Å². The summed E-state index contributed by atoms with van der Waals surface area (Å²) in [7, 11) is 0.945. The molecule has 6 nitrogen and oxygen atoms in total. The zero-order valence-corrected chi connectivity index (χ0v) is 16.2.